The lowest BCUT2D eigenvalue weighted by atomic mass is 9.99. The van der Waals surface area contributed by atoms with Gasteiger partial charge in [0, 0.05) is 25.3 Å². The van der Waals surface area contributed by atoms with E-state index in [1.165, 1.54) is 0 Å². The highest BCUT2D eigenvalue weighted by Crippen LogP contribution is 2.18. The zero-order chi connectivity index (χ0) is 22.4. The van der Waals surface area contributed by atoms with Crippen molar-refractivity contribution in [2.45, 2.75) is 45.6 Å². The number of hydrogen-bond acceptors (Lipinski definition) is 5. The Balaban J connectivity index is 1.64. The Bertz CT molecular complexity index is 1080. The van der Waals surface area contributed by atoms with E-state index in [1.54, 1.807) is 38.1 Å². The number of pyridine rings is 1. The fraction of sp³-hybridized carbons (Fsp3) is 0.391. The van der Waals surface area contributed by atoms with Crippen molar-refractivity contribution in [3.8, 4) is 6.07 Å². The third-order valence-corrected chi connectivity index (χ3v) is 5.48. The lowest BCUT2D eigenvalue weighted by molar-refractivity contribution is -0.116. The molecule has 0 spiro atoms. The molecular weight excluding hydrogens is 396 g/mol. The molecule has 1 atom stereocenters. The second kappa shape index (κ2) is 10.0. The quantitative estimate of drug-likeness (QED) is 0.632. The number of H-pyrrole nitrogens is 1. The number of hydrogen-bond donors (Lipinski definition) is 3. The largest absolute Gasteiger partial charge is 0.376 e. The van der Waals surface area contributed by atoms with Crippen LogP contribution in [-0.4, -0.2) is 36.1 Å². The van der Waals surface area contributed by atoms with Crippen LogP contribution in [0.25, 0.3) is 0 Å². The number of carbonyl (C=O) groups is 2. The van der Waals surface area contributed by atoms with Crippen LogP contribution in [-0.2, 0) is 16.0 Å². The number of rotatable bonds is 7. The third kappa shape index (κ3) is 5.38. The molecule has 1 aromatic carbocycles. The van der Waals surface area contributed by atoms with Gasteiger partial charge in [0.15, 0.2) is 0 Å². The summed E-state index contributed by atoms with van der Waals surface area (Å²) >= 11 is 0. The maximum atomic E-state index is 12.6. The molecule has 0 aliphatic carbocycles. The number of carbonyl (C=O) groups excluding carboxylic acids is 2. The van der Waals surface area contributed by atoms with Gasteiger partial charge in [-0.3, -0.25) is 14.4 Å². The number of anilines is 1. The van der Waals surface area contributed by atoms with E-state index >= 15 is 0 Å². The van der Waals surface area contributed by atoms with Gasteiger partial charge in [-0.25, -0.2) is 0 Å². The smallest absolute Gasteiger partial charge is 0.266 e. The molecular formula is C23H26N4O4. The molecule has 0 unspecified atom stereocenters. The highest BCUT2D eigenvalue weighted by molar-refractivity contribution is 6.03. The van der Waals surface area contributed by atoms with E-state index in [-0.39, 0.29) is 29.9 Å². The van der Waals surface area contributed by atoms with Crippen LogP contribution in [0, 0.1) is 25.2 Å². The van der Waals surface area contributed by atoms with Crippen LogP contribution in [0.3, 0.4) is 0 Å². The molecule has 162 valence electrons. The van der Waals surface area contributed by atoms with Gasteiger partial charge in [-0.2, -0.15) is 5.26 Å². The van der Waals surface area contributed by atoms with Crippen molar-refractivity contribution < 1.29 is 14.3 Å². The van der Waals surface area contributed by atoms with Crippen LogP contribution < -0.4 is 16.2 Å². The second-order valence-corrected chi connectivity index (χ2v) is 7.61. The minimum absolute atomic E-state index is 0.0350. The number of aryl methyl sites for hydroxylation is 1. The number of benzene rings is 1. The van der Waals surface area contributed by atoms with Crippen molar-refractivity contribution in [3.63, 3.8) is 0 Å². The van der Waals surface area contributed by atoms with Crippen molar-refractivity contribution in [2.75, 3.05) is 18.5 Å². The fourth-order valence-electron chi connectivity index (χ4n) is 3.77. The molecule has 8 nitrogen and oxygen atoms in total. The topological polar surface area (TPSA) is 124 Å². The first-order valence-corrected chi connectivity index (χ1v) is 10.3. The number of nitrogens with zero attached hydrogens (tertiary/aromatic N) is 1. The minimum Gasteiger partial charge on any atom is -0.376 e. The summed E-state index contributed by atoms with van der Waals surface area (Å²) in [6, 6.07) is 8.75. The summed E-state index contributed by atoms with van der Waals surface area (Å²) in [5.41, 5.74) is 2.47. The number of ether oxygens (including phenoxy) is 1. The van der Waals surface area contributed by atoms with E-state index in [1.807, 2.05) is 6.07 Å². The Morgan fingerprint density at radius 3 is 2.77 bits per heavy atom. The van der Waals surface area contributed by atoms with Crippen LogP contribution in [0.5, 0.6) is 0 Å². The van der Waals surface area contributed by atoms with Gasteiger partial charge in [0.25, 0.3) is 11.5 Å². The van der Waals surface area contributed by atoms with Crippen molar-refractivity contribution >= 4 is 17.5 Å². The number of aromatic nitrogens is 1. The zero-order valence-electron chi connectivity index (χ0n) is 17.7. The average molecular weight is 422 g/mol. The summed E-state index contributed by atoms with van der Waals surface area (Å²) in [6.07, 6.45) is 2.47. The minimum atomic E-state index is -0.423. The Kier molecular flexibility index (Phi) is 7.21. The average Bonchev–Trinajstić information content (AvgIpc) is 3.26. The summed E-state index contributed by atoms with van der Waals surface area (Å²) in [4.78, 5) is 39.7. The molecule has 1 fully saturated rings. The SMILES string of the molecule is Cc1[nH]c(=O)c(C#N)c(C)c1CCC(=O)Nc1ccccc1C(=O)NC[C@H]1CCCO1. The Hall–Kier alpha value is -3.44. The molecule has 0 bridgehead atoms. The van der Waals surface area contributed by atoms with Crippen LogP contribution in [0.1, 0.15) is 52.0 Å². The number of nitriles is 1. The van der Waals surface area contributed by atoms with E-state index in [0.717, 1.165) is 25.0 Å². The van der Waals surface area contributed by atoms with Gasteiger partial charge in [0.2, 0.25) is 5.91 Å². The van der Waals surface area contributed by atoms with E-state index in [4.69, 9.17) is 4.74 Å². The van der Waals surface area contributed by atoms with E-state index in [0.29, 0.717) is 35.5 Å². The lowest BCUT2D eigenvalue weighted by Crippen LogP contribution is -2.32. The van der Waals surface area contributed by atoms with Gasteiger partial charge in [-0.15, -0.1) is 0 Å². The van der Waals surface area contributed by atoms with Crippen LogP contribution in [0.4, 0.5) is 5.69 Å². The lowest BCUT2D eigenvalue weighted by Gasteiger charge is -2.14. The van der Waals surface area contributed by atoms with Gasteiger partial charge in [-0.1, -0.05) is 12.1 Å². The van der Waals surface area contributed by atoms with Crippen LogP contribution >= 0.6 is 0 Å². The van der Waals surface area contributed by atoms with Crippen LogP contribution in [0.2, 0.25) is 0 Å². The fourth-order valence-corrected chi connectivity index (χ4v) is 3.77. The molecule has 1 aromatic heterocycles. The number of para-hydroxylation sites is 1. The van der Waals surface area contributed by atoms with Gasteiger partial charge in [0.05, 0.1) is 17.4 Å². The van der Waals surface area contributed by atoms with Crippen molar-refractivity contribution in [3.05, 3.63) is 62.6 Å². The second-order valence-electron chi connectivity index (χ2n) is 7.61. The van der Waals surface area contributed by atoms with Crippen molar-refractivity contribution in [1.82, 2.24) is 10.3 Å². The van der Waals surface area contributed by atoms with Gasteiger partial charge in [-0.05, 0) is 56.4 Å². The molecule has 3 rings (SSSR count). The number of amides is 2. The molecule has 1 saturated heterocycles. The molecule has 2 aromatic rings. The van der Waals surface area contributed by atoms with Crippen LogP contribution in [0.15, 0.2) is 29.1 Å². The molecule has 0 saturated carbocycles. The molecule has 1 aliphatic rings. The standard InChI is InChI=1S/C23H26N4O4/c1-14-17(15(2)26-23(30)19(14)12-24)9-10-21(28)27-20-8-4-3-7-18(20)22(29)25-13-16-6-5-11-31-16/h3-4,7-8,16H,5-6,9-11,13H2,1-2H3,(H,25,29)(H,26,30)(H,27,28)/t16-/m1/s1. The molecule has 31 heavy (non-hydrogen) atoms. The molecule has 2 heterocycles. The summed E-state index contributed by atoms with van der Waals surface area (Å²) in [5.74, 6) is -0.528. The molecule has 0 radical (unpaired) electrons. The maximum absolute atomic E-state index is 12.6. The molecule has 8 heteroatoms. The van der Waals surface area contributed by atoms with Gasteiger partial charge < -0.3 is 20.4 Å². The first-order chi connectivity index (χ1) is 14.9. The zero-order valence-corrected chi connectivity index (χ0v) is 17.7. The summed E-state index contributed by atoms with van der Waals surface area (Å²) in [7, 11) is 0. The Morgan fingerprint density at radius 1 is 1.29 bits per heavy atom. The van der Waals surface area contributed by atoms with Crippen molar-refractivity contribution in [2.24, 2.45) is 0 Å². The Labute approximate surface area is 180 Å². The summed E-state index contributed by atoms with van der Waals surface area (Å²) in [5, 5.41) is 14.9. The molecule has 2 amide bonds. The van der Waals surface area contributed by atoms with E-state index < -0.39 is 5.56 Å². The van der Waals surface area contributed by atoms with Crippen molar-refractivity contribution in [1.29, 1.82) is 5.26 Å². The van der Waals surface area contributed by atoms with E-state index in [9.17, 15) is 19.6 Å². The maximum Gasteiger partial charge on any atom is 0.266 e. The summed E-state index contributed by atoms with van der Waals surface area (Å²) in [6.45, 7) is 4.61. The normalized spacial score (nSPS) is 15.3. The highest BCUT2D eigenvalue weighted by Gasteiger charge is 2.19. The van der Waals surface area contributed by atoms with E-state index in [2.05, 4.69) is 15.6 Å². The summed E-state index contributed by atoms with van der Waals surface area (Å²) < 4.78 is 5.52. The number of nitrogens with one attached hydrogen (secondary N) is 3. The Morgan fingerprint density at radius 2 is 2.06 bits per heavy atom. The molecule has 1 aliphatic heterocycles. The first kappa shape index (κ1) is 22.2. The monoisotopic (exact) mass is 422 g/mol. The predicted octanol–water partition coefficient (Wildman–Crippen LogP) is 2.34. The number of aromatic amines is 1. The third-order valence-electron chi connectivity index (χ3n) is 5.48. The highest BCUT2D eigenvalue weighted by atomic mass is 16.5. The van der Waals surface area contributed by atoms with Gasteiger partial charge >= 0.3 is 0 Å². The first-order valence-electron chi connectivity index (χ1n) is 10.3. The van der Waals surface area contributed by atoms with Gasteiger partial charge in [0.1, 0.15) is 11.6 Å². The predicted molar refractivity (Wildman–Crippen MR) is 116 cm³/mol. The molecule has 3 N–H and O–H groups in total.